The number of urea groups is 2. The number of likely N-dealkylation sites (N-methyl/N-ethyl adjacent to an activating group) is 2. The number of carbonyl (C=O) groups excluding carboxylic acids is 2. The molecule has 0 N–H and O–H groups in total. The topological polar surface area (TPSA) is 53.6 Å². The molecule has 0 saturated carbocycles. The van der Waals surface area contributed by atoms with Crippen LogP contribution < -0.4 is 0 Å². The minimum absolute atomic E-state index is 0.0692. The van der Waals surface area contributed by atoms with Gasteiger partial charge in [0.05, 0.1) is 13.3 Å². The van der Waals surface area contributed by atoms with Crippen LogP contribution >= 0.6 is 0 Å². The highest BCUT2D eigenvalue weighted by atomic mass is 16.2. The maximum absolute atomic E-state index is 13.5. The Morgan fingerprint density at radius 3 is 1.32 bits per heavy atom. The lowest BCUT2D eigenvalue weighted by Gasteiger charge is -2.35. The van der Waals surface area contributed by atoms with Crippen LogP contribution in [0.4, 0.5) is 9.59 Å². The number of carbonyl (C=O) groups is 2. The Balaban J connectivity index is 1.58. The Hall–Kier alpha value is -1.54. The molecule has 0 aromatic carbocycles. The standard InChI is InChI=1S/C20H36N6O2/c1-3-23-17-18(24(4-2)19(23)27)26(16-22-13-9-6-10-14-22)20(28)25(17)15-21-11-7-5-8-12-21/h17-18H,3-16H2,1-2H3. The van der Waals surface area contributed by atoms with Crippen LogP contribution in [-0.4, -0.2) is 106 Å². The molecular weight excluding hydrogens is 356 g/mol. The molecule has 4 aliphatic heterocycles. The van der Waals surface area contributed by atoms with E-state index in [0.717, 1.165) is 26.2 Å². The first-order valence-electron chi connectivity index (χ1n) is 11.2. The third-order valence-electron chi connectivity index (χ3n) is 6.81. The number of rotatable bonds is 6. The molecule has 4 rings (SSSR count). The van der Waals surface area contributed by atoms with E-state index in [9.17, 15) is 9.59 Å². The maximum atomic E-state index is 13.5. The van der Waals surface area contributed by atoms with Gasteiger partial charge in [-0.25, -0.2) is 9.59 Å². The van der Waals surface area contributed by atoms with Gasteiger partial charge >= 0.3 is 12.1 Å². The molecule has 8 nitrogen and oxygen atoms in total. The first-order chi connectivity index (χ1) is 13.7. The van der Waals surface area contributed by atoms with Crippen molar-refractivity contribution in [3.63, 3.8) is 0 Å². The van der Waals surface area contributed by atoms with E-state index in [-0.39, 0.29) is 24.4 Å². The summed E-state index contributed by atoms with van der Waals surface area (Å²) in [7, 11) is 0. The van der Waals surface area contributed by atoms with E-state index in [1.807, 2.05) is 33.4 Å². The highest BCUT2D eigenvalue weighted by Gasteiger charge is 2.58. The largest absolute Gasteiger partial charge is 0.325 e. The normalized spacial score (nSPS) is 29.9. The zero-order valence-electron chi connectivity index (χ0n) is 17.6. The summed E-state index contributed by atoms with van der Waals surface area (Å²) in [4.78, 5) is 39.1. The van der Waals surface area contributed by atoms with Crippen molar-refractivity contribution in [1.82, 2.24) is 29.4 Å². The first kappa shape index (κ1) is 19.8. The van der Waals surface area contributed by atoms with Gasteiger partial charge in [-0.1, -0.05) is 12.8 Å². The van der Waals surface area contributed by atoms with Gasteiger partial charge in [-0.3, -0.25) is 19.6 Å². The SMILES string of the molecule is CCN1C(=O)N(CC)C2C1N(CN1CCCCC1)C(=O)N2CN1CCCCC1. The Kier molecular flexibility index (Phi) is 5.96. The fourth-order valence-electron chi connectivity index (χ4n) is 5.33. The lowest BCUT2D eigenvalue weighted by molar-refractivity contribution is 0.0649. The summed E-state index contributed by atoms with van der Waals surface area (Å²) in [5.74, 6) is 0. The molecule has 2 unspecified atom stereocenters. The van der Waals surface area contributed by atoms with Gasteiger partial charge in [-0.15, -0.1) is 0 Å². The first-order valence-corrected chi connectivity index (χ1v) is 11.2. The van der Waals surface area contributed by atoms with Gasteiger partial charge in [0.2, 0.25) is 0 Å². The van der Waals surface area contributed by atoms with Crippen LogP contribution in [0, 0.1) is 0 Å². The van der Waals surface area contributed by atoms with Crippen molar-refractivity contribution in [2.45, 2.75) is 64.7 Å². The van der Waals surface area contributed by atoms with Crippen molar-refractivity contribution >= 4 is 12.1 Å². The van der Waals surface area contributed by atoms with Gasteiger partial charge in [0.25, 0.3) is 0 Å². The van der Waals surface area contributed by atoms with Crippen molar-refractivity contribution in [2.75, 3.05) is 52.6 Å². The van der Waals surface area contributed by atoms with E-state index in [0.29, 0.717) is 26.4 Å². The van der Waals surface area contributed by atoms with Crippen LogP contribution in [0.15, 0.2) is 0 Å². The molecule has 4 aliphatic rings. The molecule has 28 heavy (non-hydrogen) atoms. The number of hydrogen-bond donors (Lipinski definition) is 0. The summed E-state index contributed by atoms with van der Waals surface area (Å²) >= 11 is 0. The van der Waals surface area contributed by atoms with Gasteiger partial charge < -0.3 is 9.80 Å². The second-order valence-corrected chi connectivity index (χ2v) is 8.54. The molecule has 4 heterocycles. The second kappa shape index (κ2) is 8.45. The van der Waals surface area contributed by atoms with E-state index in [4.69, 9.17) is 0 Å². The average molecular weight is 393 g/mol. The van der Waals surface area contributed by atoms with Crippen molar-refractivity contribution in [3.8, 4) is 0 Å². The van der Waals surface area contributed by atoms with Crippen LogP contribution in [0.1, 0.15) is 52.4 Å². The number of likely N-dealkylation sites (tertiary alicyclic amines) is 2. The quantitative estimate of drug-likeness (QED) is 0.694. The van der Waals surface area contributed by atoms with Crippen molar-refractivity contribution in [3.05, 3.63) is 0 Å². The zero-order chi connectivity index (χ0) is 19.7. The second-order valence-electron chi connectivity index (χ2n) is 8.54. The Bertz CT molecular complexity index is 529. The lowest BCUT2D eigenvalue weighted by atomic mass is 10.1. The predicted octanol–water partition coefficient (Wildman–Crippen LogP) is 2.04. The highest BCUT2D eigenvalue weighted by molar-refractivity contribution is 5.85. The molecule has 2 atom stereocenters. The van der Waals surface area contributed by atoms with Crippen molar-refractivity contribution in [2.24, 2.45) is 0 Å². The van der Waals surface area contributed by atoms with Crippen LogP contribution in [0.25, 0.3) is 0 Å². The Labute approximate surface area is 169 Å². The third-order valence-corrected chi connectivity index (χ3v) is 6.81. The molecule has 4 amide bonds. The molecule has 0 radical (unpaired) electrons. The fourth-order valence-corrected chi connectivity index (χ4v) is 5.33. The lowest BCUT2D eigenvalue weighted by Crippen LogP contribution is -2.52. The van der Waals surface area contributed by atoms with E-state index < -0.39 is 0 Å². The molecule has 0 aromatic heterocycles. The van der Waals surface area contributed by atoms with E-state index in [2.05, 4.69) is 9.80 Å². The molecule has 4 saturated heterocycles. The maximum Gasteiger partial charge on any atom is 0.325 e. The summed E-state index contributed by atoms with van der Waals surface area (Å²) in [5, 5.41) is 0. The summed E-state index contributed by atoms with van der Waals surface area (Å²) < 4.78 is 0. The molecule has 0 aromatic rings. The average Bonchev–Trinajstić information content (AvgIpc) is 3.15. The zero-order valence-corrected chi connectivity index (χ0v) is 17.6. The van der Waals surface area contributed by atoms with Crippen molar-refractivity contribution in [1.29, 1.82) is 0 Å². The van der Waals surface area contributed by atoms with Crippen molar-refractivity contribution < 1.29 is 9.59 Å². The van der Waals surface area contributed by atoms with E-state index in [1.54, 1.807) is 0 Å². The molecule has 8 heteroatoms. The molecule has 158 valence electrons. The fraction of sp³-hybridized carbons (Fsp3) is 0.900. The van der Waals surface area contributed by atoms with Crippen LogP contribution in [-0.2, 0) is 0 Å². The number of nitrogens with zero attached hydrogens (tertiary/aromatic N) is 6. The molecule has 0 bridgehead atoms. The Morgan fingerprint density at radius 2 is 0.964 bits per heavy atom. The predicted molar refractivity (Wildman–Crippen MR) is 107 cm³/mol. The summed E-state index contributed by atoms with van der Waals surface area (Å²) in [6.45, 7) is 10.8. The minimum atomic E-state index is -0.170. The number of hydrogen-bond acceptors (Lipinski definition) is 4. The molecular formula is C20H36N6O2. The molecule has 0 spiro atoms. The van der Waals surface area contributed by atoms with E-state index in [1.165, 1.54) is 38.5 Å². The summed E-state index contributed by atoms with van der Waals surface area (Å²) in [6, 6.07) is 0.162. The van der Waals surface area contributed by atoms with Crippen LogP contribution in [0.3, 0.4) is 0 Å². The van der Waals surface area contributed by atoms with Gasteiger partial charge in [0.1, 0.15) is 0 Å². The highest BCUT2D eigenvalue weighted by Crippen LogP contribution is 2.35. The van der Waals surface area contributed by atoms with Gasteiger partial charge in [0.15, 0.2) is 12.3 Å². The van der Waals surface area contributed by atoms with Gasteiger partial charge in [-0.2, -0.15) is 0 Å². The van der Waals surface area contributed by atoms with Gasteiger partial charge in [-0.05, 0) is 65.7 Å². The van der Waals surface area contributed by atoms with Crippen LogP contribution in [0.5, 0.6) is 0 Å². The summed E-state index contributed by atoms with van der Waals surface area (Å²) in [5.41, 5.74) is 0. The minimum Gasteiger partial charge on any atom is -0.300 e. The molecule has 4 fully saturated rings. The van der Waals surface area contributed by atoms with Crippen LogP contribution in [0.2, 0.25) is 0 Å². The smallest absolute Gasteiger partial charge is 0.300 e. The number of piperidine rings is 2. The number of fused-ring (bicyclic) bond motifs is 1. The van der Waals surface area contributed by atoms with Gasteiger partial charge in [0, 0.05) is 13.1 Å². The van der Waals surface area contributed by atoms with E-state index >= 15 is 0 Å². The summed E-state index contributed by atoms with van der Waals surface area (Å²) in [6.07, 6.45) is 7.02. The third kappa shape index (κ3) is 3.45. The number of amides is 4. The molecule has 0 aliphatic carbocycles. The Morgan fingerprint density at radius 1 is 0.607 bits per heavy atom. The monoisotopic (exact) mass is 392 g/mol.